The molecule has 6 heteroatoms. The van der Waals surface area contributed by atoms with Gasteiger partial charge >= 0.3 is 0 Å². The third-order valence-electron chi connectivity index (χ3n) is 2.72. The third kappa shape index (κ3) is 3.62. The van der Waals surface area contributed by atoms with E-state index in [1.807, 2.05) is 6.07 Å². The molecule has 0 spiro atoms. The fourth-order valence-corrected chi connectivity index (χ4v) is 1.69. The van der Waals surface area contributed by atoms with Crippen LogP contribution >= 0.6 is 0 Å². The SMILES string of the molecule is COC[C@@](C)(C#N)NC(=O)c1ccc(OC)cc1OC. The minimum atomic E-state index is -1.10. The Morgan fingerprint density at radius 2 is 2.05 bits per heavy atom. The molecule has 0 aliphatic heterocycles. The Balaban J connectivity index is 3.01. The Morgan fingerprint density at radius 1 is 1.35 bits per heavy atom. The monoisotopic (exact) mass is 278 g/mol. The van der Waals surface area contributed by atoms with E-state index in [1.165, 1.54) is 21.3 Å². The summed E-state index contributed by atoms with van der Waals surface area (Å²) in [7, 11) is 4.46. The lowest BCUT2D eigenvalue weighted by molar-refractivity contribution is 0.0857. The van der Waals surface area contributed by atoms with Gasteiger partial charge < -0.3 is 19.5 Å². The first-order valence-corrected chi connectivity index (χ1v) is 5.94. The first-order valence-electron chi connectivity index (χ1n) is 5.94. The molecule has 0 bridgehead atoms. The lowest BCUT2D eigenvalue weighted by atomic mass is 10.0. The van der Waals surface area contributed by atoms with Gasteiger partial charge in [-0.1, -0.05) is 0 Å². The van der Waals surface area contributed by atoms with Gasteiger partial charge in [-0.2, -0.15) is 5.26 Å². The van der Waals surface area contributed by atoms with Crippen LogP contribution in [0.15, 0.2) is 18.2 Å². The van der Waals surface area contributed by atoms with Crippen molar-refractivity contribution in [2.75, 3.05) is 27.9 Å². The standard InChI is InChI=1S/C14H18N2O4/c1-14(8-15,9-18-2)16-13(17)11-6-5-10(19-3)7-12(11)20-4/h5-7H,9H2,1-4H3,(H,16,17)/t14-/m1/s1. The molecule has 6 nitrogen and oxygen atoms in total. The van der Waals surface area contributed by atoms with Crippen molar-refractivity contribution in [3.63, 3.8) is 0 Å². The number of hydrogen-bond acceptors (Lipinski definition) is 5. The molecule has 1 N–H and O–H groups in total. The van der Waals surface area contributed by atoms with Gasteiger partial charge in [0.1, 0.15) is 17.0 Å². The highest BCUT2D eigenvalue weighted by Gasteiger charge is 2.27. The Labute approximate surface area is 118 Å². The highest BCUT2D eigenvalue weighted by molar-refractivity contribution is 5.97. The van der Waals surface area contributed by atoms with E-state index in [0.29, 0.717) is 17.1 Å². The van der Waals surface area contributed by atoms with E-state index >= 15 is 0 Å². The zero-order valence-corrected chi connectivity index (χ0v) is 12.0. The van der Waals surface area contributed by atoms with Gasteiger partial charge in [0.05, 0.1) is 32.5 Å². The van der Waals surface area contributed by atoms with Crippen LogP contribution in [0.5, 0.6) is 11.5 Å². The molecule has 0 saturated carbocycles. The van der Waals surface area contributed by atoms with E-state index in [2.05, 4.69) is 5.32 Å². The fraction of sp³-hybridized carbons (Fsp3) is 0.429. The van der Waals surface area contributed by atoms with Gasteiger partial charge in [0, 0.05) is 13.2 Å². The summed E-state index contributed by atoms with van der Waals surface area (Å²) in [5.74, 6) is 0.545. The maximum absolute atomic E-state index is 12.2. The number of carbonyl (C=O) groups is 1. The van der Waals surface area contributed by atoms with E-state index < -0.39 is 11.4 Å². The molecule has 0 aromatic heterocycles. The Kier molecular flexibility index (Phi) is 5.35. The average molecular weight is 278 g/mol. The molecule has 1 atom stereocenters. The van der Waals surface area contributed by atoms with Gasteiger partial charge in [-0.25, -0.2) is 0 Å². The minimum absolute atomic E-state index is 0.0910. The lowest BCUT2D eigenvalue weighted by Crippen LogP contribution is -2.48. The molecule has 1 aromatic carbocycles. The van der Waals surface area contributed by atoms with Crippen LogP contribution in [0.4, 0.5) is 0 Å². The van der Waals surface area contributed by atoms with E-state index in [9.17, 15) is 4.79 Å². The number of nitriles is 1. The second kappa shape index (κ2) is 6.78. The van der Waals surface area contributed by atoms with Gasteiger partial charge in [0.15, 0.2) is 0 Å². The molecule has 1 amide bonds. The molecule has 108 valence electrons. The summed E-state index contributed by atoms with van der Waals surface area (Å²) in [5, 5.41) is 11.8. The van der Waals surface area contributed by atoms with Gasteiger partial charge in [-0.05, 0) is 19.1 Å². The van der Waals surface area contributed by atoms with Gasteiger partial charge in [0.25, 0.3) is 5.91 Å². The second-order valence-corrected chi connectivity index (χ2v) is 4.40. The molecule has 0 radical (unpaired) electrons. The van der Waals surface area contributed by atoms with Crippen molar-refractivity contribution in [2.24, 2.45) is 0 Å². The number of rotatable bonds is 6. The molecule has 0 fully saturated rings. The molecule has 0 saturated heterocycles. The van der Waals surface area contributed by atoms with E-state index in [4.69, 9.17) is 19.5 Å². The van der Waals surface area contributed by atoms with Crippen molar-refractivity contribution in [1.29, 1.82) is 5.26 Å². The highest BCUT2D eigenvalue weighted by Crippen LogP contribution is 2.24. The fourth-order valence-electron chi connectivity index (χ4n) is 1.69. The van der Waals surface area contributed by atoms with Crippen molar-refractivity contribution < 1.29 is 19.0 Å². The summed E-state index contributed by atoms with van der Waals surface area (Å²) < 4.78 is 15.2. The zero-order valence-electron chi connectivity index (χ0n) is 12.0. The number of methoxy groups -OCH3 is 3. The average Bonchev–Trinajstić information content (AvgIpc) is 2.46. The number of benzene rings is 1. The summed E-state index contributed by atoms with van der Waals surface area (Å²) in [6.07, 6.45) is 0. The summed E-state index contributed by atoms with van der Waals surface area (Å²) in [5.41, 5.74) is -0.776. The summed E-state index contributed by atoms with van der Waals surface area (Å²) in [6, 6.07) is 6.85. The first kappa shape index (κ1) is 15.8. The Hall–Kier alpha value is -2.26. The number of nitrogens with one attached hydrogen (secondary N) is 1. The van der Waals surface area contributed by atoms with Crippen molar-refractivity contribution in [3.8, 4) is 17.6 Å². The van der Waals surface area contributed by atoms with Crippen LogP contribution in [0.2, 0.25) is 0 Å². The lowest BCUT2D eigenvalue weighted by Gasteiger charge is -2.22. The Morgan fingerprint density at radius 3 is 2.55 bits per heavy atom. The number of amides is 1. The topological polar surface area (TPSA) is 80.6 Å². The molecule has 20 heavy (non-hydrogen) atoms. The minimum Gasteiger partial charge on any atom is -0.497 e. The molecule has 0 heterocycles. The smallest absolute Gasteiger partial charge is 0.256 e. The van der Waals surface area contributed by atoms with E-state index in [1.54, 1.807) is 25.1 Å². The van der Waals surface area contributed by atoms with Crippen LogP contribution in [0.25, 0.3) is 0 Å². The zero-order chi connectivity index (χ0) is 15.2. The number of carbonyl (C=O) groups excluding carboxylic acids is 1. The molecule has 1 aromatic rings. The van der Waals surface area contributed by atoms with Crippen LogP contribution < -0.4 is 14.8 Å². The predicted molar refractivity (Wildman–Crippen MR) is 72.9 cm³/mol. The first-order chi connectivity index (χ1) is 9.49. The van der Waals surface area contributed by atoms with Crippen molar-refractivity contribution >= 4 is 5.91 Å². The van der Waals surface area contributed by atoms with Crippen LogP contribution in [0.3, 0.4) is 0 Å². The van der Waals surface area contributed by atoms with Gasteiger partial charge in [-0.3, -0.25) is 4.79 Å². The number of hydrogen-bond donors (Lipinski definition) is 1. The summed E-state index contributed by atoms with van der Waals surface area (Å²) in [4.78, 5) is 12.2. The van der Waals surface area contributed by atoms with Crippen LogP contribution in [0, 0.1) is 11.3 Å². The Bertz CT molecular complexity index is 524. The van der Waals surface area contributed by atoms with Crippen LogP contribution in [-0.4, -0.2) is 39.4 Å². The maximum Gasteiger partial charge on any atom is 0.256 e. The van der Waals surface area contributed by atoms with E-state index in [0.717, 1.165) is 0 Å². The molecule has 1 rings (SSSR count). The normalized spacial score (nSPS) is 12.9. The predicted octanol–water partition coefficient (Wildman–Crippen LogP) is 1.36. The highest BCUT2D eigenvalue weighted by atomic mass is 16.5. The van der Waals surface area contributed by atoms with Crippen molar-refractivity contribution in [1.82, 2.24) is 5.32 Å². The van der Waals surface area contributed by atoms with Gasteiger partial charge in [-0.15, -0.1) is 0 Å². The van der Waals surface area contributed by atoms with Crippen LogP contribution in [-0.2, 0) is 4.74 Å². The summed E-state index contributed by atoms with van der Waals surface area (Å²) in [6.45, 7) is 1.68. The second-order valence-electron chi connectivity index (χ2n) is 4.40. The third-order valence-corrected chi connectivity index (χ3v) is 2.72. The summed E-state index contributed by atoms with van der Waals surface area (Å²) >= 11 is 0. The van der Waals surface area contributed by atoms with Crippen LogP contribution in [0.1, 0.15) is 17.3 Å². The van der Waals surface area contributed by atoms with E-state index in [-0.39, 0.29) is 6.61 Å². The molecular formula is C14H18N2O4. The van der Waals surface area contributed by atoms with Gasteiger partial charge in [0.2, 0.25) is 0 Å². The largest absolute Gasteiger partial charge is 0.497 e. The van der Waals surface area contributed by atoms with Crippen molar-refractivity contribution in [2.45, 2.75) is 12.5 Å². The van der Waals surface area contributed by atoms with Crippen molar-refractivity contribution in [3.05, 3.63) is 23.8 Å². The maximum atomic E-state index is 12.2. The molecular weight excluding hydrogens is 260 g/mol. The molecule has 0 aliphatic rings. The molecule has 0 unspecified atom stereocenters. The quantitative estimate of drug-likeness (QED) is 0.849. The number of nitrogens with zero attached hydrogens (tertiary/aromatic N) is 1. The number of ether oxygens (including phenoxy) is 3. The molecule has 0 aliphatic carbocycles.